The lowest BCUT2D eigenvalue weighted by atomic mass is 9.74. The zero-order valence-corrected chi connectivity index (χ0v) is 17.8. The van der Waals surface area contributed by atoms with Gasteiger partial charge in [-0.1, -0.05) is 30.3 Å². The molecule has 4 heteroatoms. The van der Waals surface area contributed by atoms with Crippen molar-refractivity contribution in [2.24, 2.45) is 0 Å². The Balaban J connectivity index is 1.34. The summed E-state index contributed by atoms with van der Waals surface area (Å²) < 4.78 is 0. The molecule has 2 aliphatic heterocycles. The number of aliphatic hydroxyl groups excluding tert-OH is 1. The highest BCUT2D eigenvalue weighted by molar-refractivity contribution is 5.67. The molecule has 0 saturated carbocycles. The number of aliphatic hydroxyl groups is 1. The second-order valence-electron chi connectivity index (χ2n) is 9.12. The number of benzene rings is 1. The van der Waals surface area contributed by atoms with Crippen molar-refractivity contribution in [3.63, 3.8) is 0 Å². The molecule has 0 spiro atoms. The van der Waals surface area contributed by atoms with Gasteiger partial charge < -0.3 is 5.11 Å². The van der Waals surface area contributed by atoms with Gasteiger partial charge in [0.05, 0.1) is 6.61 Å². The molecule has 3 heterocycles. The number of rotatable bonds is 5. The summed E-state index contributed by atoms with van der Waals surface area (Å²) in [4.78, 5) is 9.33. The lowest BCUT2D eigenvalue weighted by Crippen LogP contribution is -2.67. The smallest absolute Gasteiger partial charge is 0.0593 e. The van der Waals surface area contributed by atoms with Crippen LogP contribution in [0.2, 0.25) is 0 Å². The van der Waals surface area contributed by atoms with Gasteiger partial charge in [0, 0.05) is 43.5 Å². The molecule has 30 heavy (non-hydrogen) atoms. The van der Waals surface area contributed by atoms with Crippen LogP contribution in [0.25, 0.3) is 5.57 Å². The van der Waals surface area contributed by atoms with Crippen molar-refractivity contribution < 1.29 is 5.11 Å². The zero-order valence-electron chi connectivity index (χ0n) is 17.8. The van der Waals surface area contributed by atoms with Crippen LogP contribution in [0, 0.1) is 0 Å². The molecule has 0 amide bonds. The minimum atomic E-state index is 0.248. The van der Waals surface area contributed by atoms with E-state index in [9.17, 15) is 5.11 Å². The molecule has 0 bridgehead atoms. The van der Waals surface area contributed by atoms with Gasteiger partial charge in [0.25, 0.3) is 0 Å². The van der Waals surface area contributed by atoms with Gasteiger partial charge in [-0.05, 0) is 79.6 Å². The molecule has 1 N–H and O–H groups in total. The van der Waals surface area contributed by atoms with Crippen LogP contribution in [0.3, 0.4) is 0 Å². The van der Waals surface area contributed by atoms with Crippen molar-refractivity contribution in [2.75, 3.05) is 26.2 Å². The molecule has 0 radical (unpaired) electrons. The van der Waals surface area contributed by atoms with Crippen LogP contribution in [0.4, 0.5) is 0 Å². The fourth-order valence-electron chi connectivity index (χ4n) is 5.75. The van der Waals surface area contributed by atoms with E-state index in [2.05, 4.69) is 57.3 Å². The summed E-state index contributed by atoms with van der Waals surface area (Å²) in [6, 6.07) is 14.3. The number of allylic oxidation sites excluding steroid dienone is 2. The van der Waals surface area contributed by atoms with E-state index in [0.29, 0.717) is 12.0 Å². The van der Waals surface area contributed by atoms with Crippen molar-refractivity contribution >= 4 is 5.57 Å². The third-order valence-electron chi connectivity index (χ3n) is 7.32. The van der Waals surface area contributed by atoms with E-state index in [1.54, 1.807) is 0 Å². The SMILES string of the molecule is OC[C@H]1[C@@H](c2ccc(C3=CCCC3)cc2)[C@@H]2CN(Cc3ccncc3)CCCCN12. The second kappa shape index (κ2) is 9.01. The summed E-state index contributed by atoms with van der Waals surface area (Å²) in [5.74, 6) is 0.416. The third-order valence-corrected chi connectivity index (χ3v) is 7.32. The maximum Gasteiger partial charge on any atom is 0.0593 e. The Morgan fingerprint density at radius 1 is 0.967 bits per heavy atom. The van der Waals surface area contributed by atoms with Gasteiger partial charge >= 0.3 is 0 Å². The molecule has 1 aromatic carbocycles. The number of hydrogen-bond acceptors (Lipinski definition) is 4. The Hall–Kier alpha value is -2.01. The predicted molar refractivity (Wildman–Crippen MR) is 121 cm³/mol. The van der Waals surface area contributed by atoms with Crippen LogP contribution < -0.4 is 0 Å². The van der Waals surface area contributed by atoms with Gasteiger partial charge in [-0.15, -0.1) is 0 Å². The number of nitrogens with zero attached hydrogens (tertiary/aromatic N) is 3. The molecular formula is C26H33N3O. The molecule has 2 fully saturated rings. The van der Waals surface area contributed by atoms with Gasteiger partial charge in [0.1, 0.15) is 0 Å². The van der Waals surface area contributed by atoms with Crippen molar-refractivity contribution in [1.82, 2.24) is 14.8 Å². The fourth-order valence-corrected chi connectivity index (χ4v) is 5.75. The molecule has 5 rings (SSSR count). The molecule has 1 aliphatic carbocycles. The van der Waals surface area contributed by atoms with E-state index < -0.39 is 0 Å². The van der Waals surface area contributed by atoms with E-state index in [0.717, 1.165) is 26.2 Å². The summed E-state index contributed by atoms with van der Waals surface area (Å²) in [6.07, 6.45) is 12.3. The number of aromatic nitrogens is 1. The zero-order chi connectivity index (χ0) is 20.3. The fraction of sp³-hybridized carbons (Fsp3) is 0.500. The van der Waals surface area contributed by atoms with E-state index in [1.165, 1.54) is 54.4 Å². The molecule has 2 saturated heterocycles. The summed E-state index contributed by atoms with van der Waals surface area (Å²) in [5.41, 5.74) is 5.61. The van der Waals surface area contributed by atoms with Crippen molar-refractivity contribution in [2.45, 2.75) is 56.7 Å². The summed E-state index contributed by atoms with van der Waals surface area (Å²) >= 11 is 0. The van der Waals surface area contributed by atoms with Gasteiger partial charge in [0.15, 0.2) is 0 Å². The molecule has 2 aromatic rings. The Kier molecular flexibility index (Phi) is 5.98. The molecule has 4 nitrogen and oxygen atoms in total. The van der Waals surface area contributed by atoms with Crippen LogP contribution in [0.15, 0.2) is 54.9 Å². The Labute approximate surface area is 180 Å². The largest absolute Gasteiger partial charge is 0.395 e. The Bertz CT molecular complexity index is 864. The van der Waals surface area contributed by atoms with E-state index in [-0.39, 0.29) is 12.6 Å². The first-order valence-corrected chi connectivity index (χ1v) is 11.6. The minimum Gasteiger partial charge on any atom is -0.395 e. The van der Waals surface area contributed by atoms with Gasteiger partial charge in [-0.2, -0.15) is 0 Å². The summed E-state index contributed by atoms with van der Waals surface area (Å²) in [7, 11) is 0. The van der Waals surface area contributed by atoms with Crippen LogP contribution in [0.5, 0.6) is 0 Å². The number of hydrogen-bond donors (Lipinski definition) is 1. The lowest BCUT2D eigenvalue weighted by molar-refractivity contribution is -0.0655. The van der Waals surface area contributed by atoms with Crippen molar-refractivity contribution in [1.29, 1.82) is 0 Å². The number of pyridine rings is 1. The van der Waals surface area contributed by atoms with E-state index >= 15 is 0 Å². The first kappa shape index (κ1) is 19.9. The molecule has 3 aliphatic rings. The third kappa shape index (κ3) is 3.96. The van der Waals surface area contributed by atoms with Gasteiger partial charge in [0.2, 0.25) is 0 Å². The average Bonchev–Trinajstić information content (AvgIpc) is 3.30. The average molecular weight is 404 g/mol. The van der Waals surface area contributed by atoms with Crippen molar-refractivity contribution in [3.8, 4) is 0 Å². The summed E-state index contributed by atoms with van der Waals surface area (Å²) in [5, 5.41) is 10.2. The maximum atomic E-state index is 10.2. The minimum absolute atomic E-state index is 0.248. The van der Waals surface area contributed by atoms with Crippen LogP contribution >= 0.6 is 0 Å². The quantitative estimate of drug-likeness (QED) is 0.817. The first-order valence-electron chi connectivity index (χ1n) is 11.6. The maximum absolute atomic E-state index is 10.2. The van der Waals surface area contributed by atoms with Crippen LogP contribution in [0.1, 0.15) is 54.7 Å². The molecule has 0 unspecified atom stereocenters. The topological polar surface area (TPSA) is 39.6 Å². The highest BCUT2D eigenvalue weighted by Crippen LogP contribution is 2.42. The van der Waals surface area contributed by atoms with E-state index in [1.807, 2.05) is 12.4 Å². The normalized spacial score (nSPS) is 27.6. The van der Waals surface area contributed by atoms with Crippen molar-refractivity contribution in [3.05, 3.63) is 71.6 Å². The second-order valence-corrected chi connectivity index (χ2v) is 9.12. The monoisotopic (exact) mass is 403 g/mol. The standard InChI is InChI=1S/C26H33N3O/c30-19-25-26(23-9-7-22(8-10-23)21-5-1-2-6-21)24-18-28(15-3-4-16-29(24)25)17-20-11-13-27-14-12-20/h5,7-14,24-26,30H,1-4,6,15-19H2/t24-,25-,26-/m0/s1. The van der Waals surface area contributed by atoms with Gasteiger partial charge in [-0.3, -0.25) is 14.8 Å². The predicted octanol–water partition coefficient (Wildman–Crippen LogP) is 4.07. The van der Waals surface area contributed by atoms with E-state index in [4.69, 9.17) is 0 Å². The molecule has 158 valence electrons. The molecule has 3 atom stereocenters. The Morgan fingerprint density at radius 2 is 1.77 bits per heavy atom. The highest BCUT2D eigenvalue weighted by atomic mass is 16.3. The molecular weight excluding hydrogens is 370 g/mol. The highest BCUT2D eigenvalue weighted by Gasteiger charge is 2.49. The summed E-state index contributed by atoms with van der Waals surface area (Å²) in [6.45, 7) is 4.56. The lowest BCUT2D eigenvalue weighted by Gasteiger charge is -2.57. The molecule has 1 aromatic heterocycles. The number of fused-ring (bicyclic) bond motifs is 1. The van der Waals surface area contributed by atoms with Crippen LogP contribution in [-0.4, -0.2) is 58.2 Å². The Morgan fingerprint density at radius 3 is 2.50 bits per heavy atom. The van der Waals surface area contributed by atoms with Crippen LogP contribution in [-0.2, 0) is 6.54 Å². The first-order chi connectivity index (χ1) is 14.8. The van der Waals surface area contributed by atoms with Gasteiger partial charge in [-0.25, -0.2) is 0 Å².